The van der Waals surface area contributed by atoms with Crippen molar-refractivity contribution in [3.05, 3.63) is 47.5 Å². The first-order valence-corrected chi connectivity index (χ1v) is 11.1. The van der Waals surface area contributed by atoms with Gasteiger partial charge in [0, 0.05) is 25.0 Å². The van der Waals surface area contributed by atoms with E-state index in [0.29, 0.717) is 18.4 Å². The number of hydrogen-bond donors (Lipinski definition) is 1. The predicted octanol–water partition coefficient (Wildman–Crippen LogP) is 4.37. The van der Waals surface area contributed by atoms with E-state index in [1.54, 1.807) is 12.5 Å². The third kappa shape index (κ3) is 3.05. The van der Waals surface area contributed by atoms with E-state index in [9.17, 15) is 18.0 Å². The van der Waals surface area contributed by atoms with Crippen molar-refractivity contribution in [3.63, 3.8) is 0 Å². The first kappa shape index (κ1) is 19.2. The van der Waals surface area contributed by atoms with Gasteiger partial charge in [-0.05, 0) is 66.5 Å². The van der Waals surface area contributed by atoms with E-state index in [0.717, 1.165) is 59.5 Å². The van der Waals surface area contributed by atoms with Crippen LogP contribution in [0.25, 0.3) is 0 Å². The highest BCUT2D eigenvalue weighted by Gasteiger charge is 2.63. The summed E-state index contributed by atoms with van der Waals surface area (Å²) in [4.78, 5) is 23.1. The van der Waals surface area contributed by atoms with Crippen molar-refractivity contribution < 1.29 is 18.0 Å². The summed E-state index contributed by atoms with van der Waals surface area (Å²) in [6.45, 7) is 0.681. The average molecular weight is 430 g/mol. The Morgan fingerprint density at radius 2 is 2.00 bits per heavy atom. The van der Waals surface area contributed by atoms with Crippen molar-refractivity contribution in [1.82, 2.24) is 14.9 Å². The van der Waals surface area contributed by atoms with Crippen molar-refractivity contribution in [1.29, 1.82) is 0 Å². The molecule has 7 rings (SSSR count). The van der Waals surface area contributed by atoms with Crippen LogP contribution in [0, 0.1) is 11.3 Å². The van der Waals surface area contributed by atoms with Crippen LogP contribution < -0.4 is 4.90 Å². The van der Waals surface area contributed by atoms with Crippen LogP contribution in [0.1, 0.15) is 54.8 Å². The number of halogens is 3. The summed E-state index contributed by atoms with van der Waals surface area (Å²) in [6, 6.07) is 5.94. The highest BCUT2D eigenvalue weighted by atomic mass is 19.4. The number of benzene rings is 1. The van der Waals surface area contributed by atoms with Crippen LogP contribution >= 0.6 is 0 Å². The monoisotopic (exact) mass is 430 g/mol. The van der Waals surface area contributed by atoms with Gasteiger partial charge in [-0.25, -0.2) is 4.98 Å². The minimum atomic E-state index is -4.86. The van der Waals surface area contributed by atoms with E-state index >= 15 is 0 Å². The van der Waals surface area contributed by atoms with Gasteiger partial charge in [0.25, 0.3) is 0 Å². The molecule has 8 heteroatoms. The van der Waals surface area contributed by atoms with E-state index in [2.05, 4.69) is 14.9 Å². The molecule has 164 valence electrons. The smallest absolute Gasteiger partial charge is 0.360 e. The molecule has 1 aliphatic heterocycles. The Balaban J connectivity index is 1.47. The Morgan fingerprint density at radius 1 is 1.23 bits per heavy atom. The maximum atomic E-state index is 13.5. The Morgan fingerprint density at radius 3 is 2.58 bits per heavy atom. The van der Waals surface area contributed by atoms with Gasteiger partial charge in [0.05, 0.1) is 24.6 Å². The summed E-state index contributed by atoms with van der Waals surface area (Å²) in [5, 5.41) is 0. The summed E-state index contributed by atoms with van der Waals surface area (Å²) < 4.78 is 40.6. The standard InChI is InChI=1S/C23H25F3N4O/c24-23(25,26)21(31)29-11-18-17(15-4-5-15)2-1-3-19(18)30(10-16-9-27-13-28-16)20(12-29)22-6-14(7-22)8-22/h1-3,9,13-15,20H,4-8,10-12H2,(H,27,28). The lowest BCUT2D eigenvalue weighted by Gasteiger charge is -2.67. The number of nitrogens with one attached hydrogen (secondary N) is 1. The zero-order valence-electron chi connectivity index (χ0n) is 17.2. The molecule has 1 aromatic heterocycles. The first-order chi connectivity index (χ1) is 14.8. The van der Waals surface area contributed by atoms with Crippen LogP contribution in [0.3, 0.4) is 0 Å². The second-order valence-corrected chi connectivity index (χ2v) is 9.86. The number of H-pyrrole nitrogens is 1. The lowest BCUT2D eigenvalue weighted by atomic mass is 9.41. The molecule has 4 fully saturated rings. The molecule has 2 bridgehead atoms. The first-order valence-electron chi connectivity index (χ1n) is 11.1. The number of aromatic nitrogens is 2. The lowest BCUT2D eigenvalue weighted by molar-refractivity contribution is -0.189. The number of aromatic amines is 1. The number of hydrogen-bond acceptors (Lipinski definition) is 3. The van der Waals surface area contributed by atoms with Gasteiger partial charge in [-0.3, -0.25) is 4.79 Å². The van der Waals surface area contributed by atoms with Crippen LogP contribution in [-0.4, -0.2) is 39.5 Å². The van der Waals surface area contributed by atoms with Crippen LogP contribution in [0.15, 0.2) is 30.7 Å². The van der Waals surface area contributed by atoms with Crippen molar-refractivity contribution in [2.45, 2.75) is 63.3 Å². The summed E-state index contributed by atoms with van der Waals surface area (Å²) in [5.41, 5.74) is 3.90. The SMILES string of the molecule is O=C(N1Cc2c(C3CC3)cccc2N(Cc2cnc[nH]2)C(C23CC(C2)C3)C1)C(F)(F)F. The Kier molecular flexibility index (Phi) is 4.02. The molecule has 1 unspecified atom stereocenters. The van der Waals surface area contributed by atoms with E-state index in [1.807, 2.05) is 18.2 Å². The molecule has 1 atom stereocenters. The molecule has 4 saturated carbocycles. The van der Waals surface area contributed by atoms with E-state index in [4.69, 9.17) is 0 Å². The Labute approximate surface area is 178 Å². The molecular weight excluding hydrogens is 405 g/mol. The van der Waals surface area contributed by atoms with E-state index in [-0.39, 0.29) is 24.5 Å². The zero-order valence-corrected chi connectivity index (χ0v) is 17.2. The number of anilines is 1. The third-order valence-electron chi connectivity index (χ3n) is 7.85. The van der Waals surface area contributed by atoms with Gasteiger partial charge < -0.3 is 14.8 Å². The second-order valence-electron chi connectivity index (χ2n) is 9.86. The molecular formula is C23H25F3N4O. The summed E-state index contributed by atoms with van der Waals surface area (Å²) in [5.74, 6) is -0.636. The second kappa shape index (κ2) is 6.50. The largest absolute Gasteiger partial charge is 0.471 e. The topological polar surface area (TPSA) is 52.2 Å². The van der Waals surface area contributed by atoms with Crippen LogP contribution in [0.4, 0.5) is 18.9 Å². The third-order valence-corrected chi connectivity index (χ3v) is 7.85. The van der Waals surface area contributed by atoms with Crippen LogP contribution in [-0.2, 0) is 17.9 Å². The van der Waals surface area contributed by atoms with Crippen molar-refractivity contribution in [2.24, 2.45) is 11.3 Å². The Bertz CT molecular complexity index is 997. The van der Waals surface area contributed by atoms with Gasteiger partial charge in [-0.1, -0.05) is 12.1 Å². The molecule has 1 amide bonds. The average Bonchev–Trinajstić information content (AvgIpc) is 3.39. The molecule has 1 aromatic carbocycles. The number of imidazole rings is 1. The number of nitrogens with zero attached hydrogens (tertiary/aromatic N) is 3. The molecule has 2 heterocycles. The number of amides is 1. The van der Waals surface area contributed by atoms with Crippen LogP contribution in [0.5, 0.6) is 0 Å². The van der Waals surface area contributed by atoms with E-state index < -0.39 is 12.1 Å². The fraction of sp³-hybridized carbons (Fsp3) is 0.565. The van der Waals surface area contributed by atoms with Gasteiger partial charge in [-0.2, -0.15) is 13.2 Å². The minimum absolute atomic E-state index is 0.00596. The number of carbonyl (C=O) groups is 1. The summed E-state index contributed by atoms with van der Waals surface area (Å²) >= 11 is 0. The van der Waals surface area contributed by atoms with Gasteiger partial charge in [0.1, 0.15) is 0 Å². The van der Waals surface area contributed by atoms with E-state index in [1.165, 1.54) is 0 Å². The van der Waals surface area contributed by atoms with Crippen molar-refractivity contribution in [2.75, 3.05) is 11.4 Å². The molecule has 5 nitrogen and oxygen atoms in total. The number of fused-ring (bicyclic) bond motifs is 1. The highest BCUT2D eigenvalue weighted by molar-refractivity contribution is 5.82. The normalized spacial score (nSPS) is 29.6. The van der Waals surface area contributed by atoms with Gasteiger partial charge in [0.2, 0.25) is 0 Å². The zero-order chi connectivity index (χ0) is 21.4. The quantitative estimate of drug-likeness (QED) is 0.784. The molecule has 31 heavy (non-hydrogen) atoms. The number of alkyl halides is 3. The fourth-order valence-electron chi connectivity index (χ4n) is 6.10. The fourth-order valence-corrected chi connectivity index (χ4v) is 6.10. The maximum Gasteiger partial charge on any atom is 0.471 e. The Hall–Kier alpha value is -2.51. The van der Waals surface area contributed by atoms with Crippen LogP contribution in [0.2, 0.25) is 0 Å². The molecule has 0 saturated heterocycles. The summed E-state index contributed by atoms with van der Waals surface area (Å²) in [7, 11) is 0. The van der Waals surface area contributed by atoms with Crippen molar-refractivity contribution >= 4 is 11.6 Å². The van der Waals surface area contributed by atoms with Gasteiger partial charge >= 0.3 is 12.1 Å². The number of rotatable bonds is 4. The molecule has 4 aliphatic carbocycles. The molecule has 2 aromatic rings. The maximum absolute atomic E-state index is 13.5. The molecule has 0 radical (unpaired) electrons. The minimum Gasteiger partial charge on any atom is -0.360 e. The van der Waals surface area contributed by atoms with Gasteiger partial charge in [0.15, 0.2) is 0 Å². The summed E-state index contributed by atoms with van der Waals surface area (Å²) in [6.07, 6.45) is 3.78. The molecule has 1 N–H and O–H groups in total. The highest BCUT2D eigenvalue weighted by Crippen LogP contribution is 2.67. The van der Waals surface area contributed by atoms with Gasteiger partial charge in [-0.15, -0.1) is 0 Å². The van der Waals surface area contributed by atoms with Crippen molar-refractivity contribution in [3.8, 4) is 0 Å². The predicted molar refractivity (Wildman–Crippen MR) is 108 cm³/mol. The molecule has 0 spiro atoms. The number of carbonyl (C=O) groups excluding carboxylic acids is 1. The molecule has 5 aliphatic rings. The lowest BCUT2D eigenvalue weighted by Crippen LogP contribution is -2.66.